The molecule has 0 radical (unpaired) electrons. The summed E-state index contributed by atoms with van der Waals surface area (Å²) < 4.78 is 1.09. The summed E-state index contributed by atoms with van der Waals surface area (Å²) in [5, 5.41) is 4.39. The third-order valence-electron chi connectivity index (χ3n) is 3.48. The van der Waals surface area contributed by atoms with Crippen molar-refractivity contribution in [1.82, 2.24) is 5.32 Å². The minimum atomic E-state index is 0.851. The molecule has 1 aromatic carbocycles. The van der Waals surface area contributed by atoms with Gasteiger partial charge in [0.25, 0.3) is 0 Å². The smallest absolute Gasteiger partial charge is 0.0451 e. The quantitative estimate of drug-likeness (QED) is 0.843. The summed E-state index contributed by atoms with van der Waals surface area (Å²) in [7, 11) is 0. The zero-order chi connectivity index (χ0) is 12.1. The Hall–Kier alpha value is -0.0500. The molecule has 0 saturated heterocycles. The number of halogens is 2. The average molecular weight is 317 g/mol. The molecule has 3 heteroatoms. The van der Waals surface area contributed by atoms with E-state index in [1.165, 1.54) is 37.7 Å². The molecule has 1 nitrogen and oxygen atoms in total. The summed E-state index contributed by atoms with van der Waals surface area (Å²) in [6.45, 7) is 2.00. The van der Waals surface area contributed by atoms with E-state index in [9.17, 15) is 0 Å². The maximum Gasteiger partial charge on any atom is 0.0451 e. The standard InChI is InChI=1S/C14H19BrClN/c15-13-6-7-14(16)12(8-13)10-17-9-11-4-2-1-3-5-11/h6-8,11,17H,1-5,9-10H2. The normalized spacial score (nSPS) is 17.3. The van der Waals surface area contributed by atoms with Crippen LogP contribution in [0.2, 0.25) is 5.02 Å². The average Bonchev–Trinajstić information content (AvgIpc) is 2.35. The molecule has 1 N–H and O–H groups in total. The van der Waals surface area contributed by atoms with Gasteiger partial charge in [-0.25, -0.2) is 0 Å². The van der Waals surface area contributed by atoms with Gasteiger partial charge in [0.05, 0.1) is 0 Å². The van der Waals surface area contributed by atoms with Gasteiger partial charge in [0.15, 0.2) is 0 Å². The van der Waals surface area contributed by atoms with Crippen LogP contribution >= 0.6 is 27.5 Å². The van der Waals surface area contributed by atoms with Crippen molar-refractivity contribution < 1.29 is 0 Å². The van der Waals surface area contributed by atoms with Gasteiger partial charge < -0.3 is 5.32 Å². The first-order chi connectivity index (χ1) is 8.25. The molecule has 1 aliphatic rings. The maximum absolute atomic E-state index is 6.16. The van der Waals surface area contributed by atoms with E-state index in [2.05, 4.69) is 27.3 Å². The van der Waals surface area contributed by atoms with Crippen molar-refractivity contribution in [3.8, 4) is 0 Å². The summed E-state index contributed by atoms with van der Waals surface area (Å²) in [5.41, 5.74) is 1.18. The highest BCUT2D eigenvalue weighted by Crippen LogP contribution is 2.24. The van der Waals surface area contributed by atoms with E-state index >= 15 is 0 Å². The van der Waals surface area contributed by atoms with Crippen molar-refractivity contribution in [2.75, 3.05) is 6.54 Å². The summed E-state index contributed by atoms with van der Waals surface area (Å²) >= 11 is 9.64. The third-order valence-corrected chi connectivity index (χ3v) is 4.34. The molecule has 0 heterocycles. The van der Waals surface area contributed by atoms with Crippen LogP contribution in [0.25, 0.3) is 0 Å². The molecule has 0 spiro atoms. The lowest BCUT2D eigenvalue weighted by molar-refractivity contribution is 0.342. The van der Waals surface area contributed by atoms with Gasteiger partial charge in [-0.1, -0.05) is 46.8 Å². The molecule has 1 aliphatic carbocycles. The van der Waals surface area contributed by atoms with Crippen LogP contribution < -0.4 is 5.32 Å². The van der Waals surface area contributed by atoms with Crippen molar-refractivity contribution in [2.45, 2.75) is 38.6 Å². The summed E-state index contributed by atoms with van der Waals surface area (Å²) in [6, 6.07) is 6.02. The second-order valence-corrected chi connectivity index (χ2v) is 6.19. The van der Waals surface area contributed by atoms with Gasteiger partial charge in [0.1, 0.15) is 0 Å². The molecule has 94 valence electrons. The predicted molar refractivity (Wildman–Crippen MR) is 77.4 cm³/mol. The lowest BCUT2D eigenvalue weighted by Crippen LogP contribution is -2.24. The number of nitrogens with one attached hydrogen (secondary N) is 1. The Morgan fingerprint density at radius 3 is 2.76 bits per heavy atom. The lowest BCUT2D eigenvalue weighted by atomic mass is 9.89. The Balaban J connectivity index is 1.79. The van der Waals surface area contributed by atoms with E-state index in [0.29, 0.717) is 0 Å². The van der Waals surface area contributed by atoms with Crippen molar-refractivity contribution in [1.29, 1.82) is 0 Å². The van der Waals surface area contributed by atoms with Crippen molar-refractivity contribution in [3.05, 3.63) is 33.3 Å². The molecule has 0 amide bonds. The zero-order valence-corrected chi connectivity index (χ0v) is 12.4. The summed E-state index contributed by atoms with van der Waals surface area (Å²) in [4.78, 5) is 0. The Bertz CT molecular complexity index is 361. The Morgan fingerprint density at radius 1 is 1.24 bits per heavy atom. The van der Waals surface area contributed by atoms with Gasteiger partial charge in [-0.3, -0.25) is 0 Å². The molecule has 2 rings (SSSR count). The first-order valence-electron chi connectivity index (χ1n) is 6.40. The number of hydrogen-bond donors (Lipinski definition) is 1. The molecule has 1 aromatic rings. The Morgan fingerprint density at radius 2 is 2.00 bits per heavy atom. The van der Waals surface area contributed by atoms with E-state index in [0.717, 1.165) is 28.5 Å². The van der Waals surface area contributed by atoms with Crippen molar-refractivity contribution in [3.63, 3.8) is 0 Å². The molecule has 1 saturated carbocycles. The van der Waals surface area contributed by atoms with Crippen LogP contribution in [0.5, 0.6) is 0 Å². The van der Waals surface area contributed by atoms with E-state index in [1.807, 2.05) is 12.1 Å². The van der Waals surface area contributed by atoms with E-state index < -0.39 is 0 Å². The zero-order valence-electron chi connectivity index (χ0n) is 10.0. The number of hydrogen-bond acceptors (Lipinski definition) is 1. The highest BCUT2D eigenvalue weighted by atomic mass is 79.9. The minimum Gasteiger partial charge on any atom is -0.312 e. The first kappa shape index (κ1) is 13.4. The van der Waals surface area contributed by atoms with Gasteiger partial charge in [-0.15, -0.1) is 0 Å². The molecular formula is C14H19BrClN. The van der Waals surface area contributed by atoms with Crippen LogP contribution in [-0.2, 0) is 6.54 Å². The van der Waals surface area contributed by atoms with E-state index in [4.69, 9.17) is 11.6 Å². The van der Waals surface area contributed by atoms with Crippen LogP contribution in [-0.4, -0.2) is 6.54 Å². The van der Waals surface area contributed by atoms with Gasteiger partial charge in [0, 0.05) is 16.0 Å². The number of benzene rings is 1. The molecule has 0 bridgehead atoms. The molecule has 0 unspecified atom stereocenters. The summed E-state index contributed by atoms with van der Waals surface area (Å²) in [5.74, 6) is 0.870. The molecule has 0 aromatic heterocycles. The topological polar surface area (TPSA) is 12.0 Å². The largest absolute Gasteiger partial charge is 0.312 e. The second-order valence-electron chi connectivity index (χ2n) is 4.87. The fraction of sp³-hybridized carbons (Fsp3) is 0.571. The second kappa shape index (κ2) is 6.77. The third kappa shape index (κ3) is 4.27. The first-order valence-corrected chi connectivity index (χ1v) is 7.57. The highest BCUT2D eigenvalue weighted by molar-refractivity contribution is 9.10. The van der Waals surface area contributed by atoms with Gasteiger partial charge >= 0.3 is 0 Å². The van der Waals surface area contributed by atoms with Crippen LogP contribution in [0, 0.1) is 5.92 Å². The van der Waals surface area contributed by atoms with Crippen molar-refractivity contribution in [2.24, 2.45) is 5.92 Å². The predicted octanol–water partition coefficient (Wildman–Crippen LogP) is 4.77. The molecular weight excluding hydrogens is 298 g/mol. The van der Waals surface area contributed by atoms with Crippen molar-refractivity contribution >= 4 is 27.5 Å². The lowest BCUT2D eigenvalue weighted by Gasteiger charge is -2.21. The molecule has 0 aliphatic heterocycles. The van der Waals surface area contributed by atoms with Crippen LogP contribution in [0.1, 0.15) is 37.7 Å². The molecule has 0 atom stereocenters. The highest BCUT2D eigenvalue weighted by Gasteiger charge is 2.12. The van der Waals surface area contributed by atoms with Crippen LogP contribution in [0.15, 0.2) is 22.7 Å². The molecule has 1 fully saturated rings. The van der Waals surface area contributed by atoms with E-state index in [1.54, 1.807) is 0 Å². The fourth-order valence-electron chi connectivity index (χ4n) is 2.48. The minimum absolute atomic E-state index is 0.851. The monoisotopic (exact) mass is 315 g/mol. The Kier molecular flexibility index (Phi) is 5.33. The maximum atomic E-state index is 6.16. The number of rotatable bonds is 4. The van der Waals surface area contributed by atoms with Gasteiger partial charge in [0.2, 0.25) is 0 Å². The Labute approximate surface area is 117 Å². The van der Waals surface area contributed by atoms with E-state index in [-0.39, 0.29) is 0 Å². The van der Waals surface area contributed by atoms with Crippen LogP contribution in [0.3, 0.4) is 0 Å². The SMILES string of the molecule is Clc1ccc(Br)cc1CNCC1CCCCC1. The van der Waals surface area contributed by atoms with Gasteiger partial charge in [-0.05, 0) is 49.1 Å². The van der Waals surface area contributed by atoms with Crippen LogP contribution in [0.4, 0.5) is 0 Å². The van der Waals surface area contributed by atoms with Gasteiger partial charge in [-0.2, -0.15) is 0 Å². The molecule has 17 heavy (non-hydrogen) atoms. The summed E-state index contributed by atoms with van der Waals surface area (Å²) in [6.07, 6.45) is 7.01. The fourth-order valence-corrected chi connectivity index (χ4v) is 3.07.